The van der Waals surface area contributed by atoms with Crippen molar-refractivity contribution in [2.24, 2.45) is 0 Å². The number of halogens is 3. The highest BCUT2D eigenvalue weighted by atomic mass is 35.5. The first-order chi connectivity index (χ1) is 24.2. The van der Waals surface area contributed by atoms with Crippen LogP contribution in [0, 0.1) is 34.3 Å². The Labute approximate surface area is 296 Å². The number of nitrogens with two attached hydrogens (primary N) is 1. The first-order valence-corrected chi connectivity index (χ1v) is 17.8. The van der Waals surface area contributed by atoms with Gasteiger partial charge in [-0.2, -0.15) is 20.5 Å². The second-order valence-corrected chi connectivity index (χ2v) is 14.7. The number of rotatable bonds is 7. The number of nitrogen functional groups attached to an aromatic ring is 1. The van der Waals surface area contributed by atoms with Gasteiger partial charge in [0.25, 0.3) is 0 Å². The summed E-state index contributed by atoms with van der Waals surface area (Å²) < 4.78 is 44.0. The fourth-order valence-corrected chi connectivity index (χ4v) is 8.75. The van der Waals surface area contributed by atoms with E-state index in [-0.39, 0.29) is 77.3 Å². The van der Waals surface area contributed by atoms with Crippen molar-refractivity contribution in [3.63, 3.8) is 0 Å². The summed E-state index contributed by atoms with van der Waals surface area (Å²) in [5.74, 6) is -1.26. The predicted octanol–water partition coefficient (Wildman–Crippen LogP) is 5.73. The molecular formula is C35H35ClF2N8O3S. The third-order valence-electron chi connectivity index (χ3n) is 10.3. The van der Waals surface area contributed by atoms with Crippen LogP contribution >= 0.6 is 22.9 Å². The van der Waals surface area contributed by atoms with Crippen LogP contribution in [-0.4, -0.2) is 95.1 Å². The van der Waals surface area contributed by atoms with Crippen molar-refractivity contribution in [2.75, 3.05) is 52.1 Å². The number of nitrogens with zero attached hydrogens (tertiary/aromatic N) is 7. The summed E-state index contributed by atoms with van der Waals surface area (Å²) in [4.78, 5) is 26.4. The standard InChI is InChI=1S/C30H27ClF2N6O3S.C5H8N2/c31-20-11-18-25(24(33)23(20)17-3-4-21(32)26-22(17)19(12-34)27(35)43-26)36-29(37-28(18)42-16-5-10-38(13-16)15-40)41-14-30-6-1-8-39(30)9-2-7-30;1-7-3-2-5(7)4-6/h3-4,11,15-16H,1-2,5-10,13-14,35H2;5H,2-3H2,1H3. The molecule has 260 valence electrons. The molecule has 2 unspecified atom stereocenters. The molecule has 0 radical (unpaired) electrons. The van der Waals surface area contributed by atoms with Crippen molar-refractivity contribution in [1.29, 1.82) is 10.5 Å². The van der Waals surface area contributed by atoms with E-state index < -0.39 is 11.6 Å². The number of benzene rings is 2. The largest absolute Gasteiger partial charge is 0.472 e. The van der Waals surface area contributed by atoms with Crippen LogP contribution in [-0.2, 0) is 4.79 Å². The molecular weight excluding hydrogens is 686 g/mol. The maximum atomic E-state index is 16.7. The molecule has 4 saturated heterocycles. The van der Waals surface area contributed by atoms with Gasteiger partial charge in [-0.05, 0) is 69.9 Å². The van der Waals surface area contributed by atoms with Gasteiger partial charge >= 0.3 is 6.01 Å². The summed E-state index contributed by atoms with van der Waals surface area (Å²) in [6.45, 7) is 4.39. The molecule has 4 aliphatic heterocycles. The van der Waals surface area contributed by atoms with Crippen LogP contribution in [0.3, 0.4) is 0 Å². The lowest BCUT2D eigenvalue weighted by atomic mass is 9.95. The van der Waals surface area contributed by atoms with Gasteiger partial charge in [0.15, 0.2) is 5.82 Å². The van der Waals surface area contributed by atoms with Gasteiger partial charge in [-0.1, -0.05) is 17.7 Å². The van der Waals surface area contributed by atoms with Gasteiger partial charge in [-0.3, -0.25) is 14.6 Å². The monoisotopic (exact) mass is 720 g/mol. The molecule has 1 amide bonds. The van der Waals surface area contributed by atoms with Crippen LogP contribution in [0.1, 0.15) is 44.1 Å². The molecule has 2 aromatic heterocycles. The first-order valence-electron chi connectivity index (χ1n) is 16.6. The second-order valence-electron chi connectivity index (χ2n) is 13.3. The Morgan fingerprint density at radius 3 is 2.56 bits per heavy atom. The average Bonchev–Trinajstić information content (AvgIpc) is 3.88. The van der Waals surface area contributed by atoms with Crippen molar-refractivity contribution in [3.05, 3.63) is 40.4 Å². The van der Waals surface area contributed by atoms with E-state index in [9.17, 15) is 14.4 Å². The maximum Gasteiger partial charge on any atom is 0.320 e. The molecule has 0 saturated carbocycles. The van der Waals surface area contributed by atoms with Crippen LogP contribution in [0.15, 0.2) is 18.2 Å². The Morgan fingerprint density at radius 1 is 1.16 bits per heavy atom. The highest BCUT2D eigenvalue weighted by Gasteiger charge is 2.45. The lowest BCUT2D eigenvalue weighted by Crippen LogP contribution is -2.43. The fraction of sp³-hybridized carbons (Fsp3) is 0.457. The van der Waals surface area contributed by atoms with E-state index in [0.29, 0.717) is 26.1 Å². The first kappa shape index (κ1) is 34.1. The minimum Gasteiger partial charge on any atom is -0.472 e. The number of aromatic nitrogens is 2. The molecule has 50 heavy (non-hydrogen) atoms. The minimum atomic E-state index is -0.788. The van der Waals surface area contributed by atoms with Gasteiger partial charge < -0.3 is 20.1 Å². The van der Waals surface area contributed by atoms with E-state index in [4.69, 9.17) is 32.1 Å². The summed E-state index contributed by atoms with van der Waals surface area (Å²) in [6, 6.07) is 8.47. The van der Waals surface area contributed by atoms with Crippen LogP contribution in [0.5, 0.6) is 11.9 Å². The molecule has 6 heterocycles. The molecule has 0 bridgehead atoms. The number of fused-ring (bicyclic) bond motifs is 3. The number of thiophene rings is 1. The second kappa shape index (κ2) is 13.8. The molecule has 0 aliphatic carbocycles. The Bertz CT molecular complexity index is 2060. The number of ether oxygens (including phenoxy) is 2. The normalized spacial score (nSPS) is 21.3. The van der Waals surface area contributed by atoms with E-state index in [1.54, 1.807) is 4.90 Å². The third-order valence-corrected chi connectivity index (χ3v) is 11.7. The lowest BCUT2D eigenvalue weighted by Gasteiger charge is -2.31. The number of amides is 1. The van der Waals surface area contributed by atoms with Crippen molar-refractivity contribution in [3.8, 4) is 35.2 Å². The third kappa shape index (κ3) is 6.04. The van der Waals surface area contributed by atoms with Crippen molar-refractivity contribution < 1.29 is 23.0 Å². The van der Waals surface area contributed by atoms with Gasteiger partial charge in [-0.15, -0.1) is 11.3 Å². The molecule has 0 spiro atoms. The quantitative estimate of drug-likeness (QED) is 0.235. The van der Waals surface area contributed by atoms with Crippen LogP contribution in [0.2, 0.25) is 5.02 Å². The minimum absolute atomic E-state index is 0.000990. The highest BCUT2D eigenvalue weighted by Crippen LogP contribution is 2.46. The van der Waals surface area contributed by atoms with Gasteiger partial charge in [0, 0.05) is 30.5 Å². The molecule has 2 atom stereocenters. The topological polar surface area (TPSA) is 145 Å². The molecule has 4 aromatic rings. The van der Waals surface area contributed by atoms with Gasteiger partial charge in [-0.25, -0.2) is 8.78 Å². The smallest absolute Gasteiger partial charge is 0.320 e. The number of hydrogen-bond donors (Lipinski definition) is 1. The van der Waals surface area contributed by atoms with Gasteiger partial charge in [0.2, 0.25) is 12.3 Å². The molecule has 11 nitrogen and oxygen atoms in total. The predicted molar refractivity (Wildman–Crippen MR) is 186 cm³/mol. The average molecular weight is 721 g/mol. The fourth-order valence-electron chi connectivity index (χ4n) is 7.50. The summed E-state index contributed by atoms with van der Waals surface area (Å²) >= 11 is 7.64. The Kier molecular flexibility index (Phi) is 9.39. The molecule has 4 aliphatic rings. The molecule has 8 rings (SSSR count). The van der Waals surface area contributed by atoms with Gasteiger partial charge in [0.05, 0.1) is 44.9 Å². The van der Waals surface area contributed by atoms with Crippen LogP contribution < -0.4 is 15.2 Å². The van der Waals surface area contributed by atoms with Crippen LogP contribution in [0.4, 0.5) is 13.8 Å². The zero-order valence-corrected chi connectivity index (χ0v) is 29.0. The SMILES string of the molecule is CN1CCC1C#N.N#Cc1c(N)sc2c(F)ccc(-c3c(Cl)cc4c(OC5CCN(C=O)C5)nc(OCC56CCCN5CCC6)nc4c3F)c12. The number of anilines is 1. The summed E-state index contributed by atoms with van der Waals surface area (Å²) in [6.07, 6.45) is 6.24. The molecule has 2 aromatic carbocycles. The van der Waals surface area contributed by atoms with E-state index in [1.807, 2.05) is 18.0 Å². The summed E-state index contributed by atoms with van der Waals surface area (Å²) in [5.41, 5.74) is 6.07. The Balaban J connectivity index is 0.000000501. The maximum absolute atomic E-state index is 16.7. The van der Waals surface area contributed by atoms with E-state index in [0.717, 1.165) is 69.5 Å². The number of carbonyl (C=O) groups is 1. The summed E-state index contributed by atoms with van der Waals surface area (Å²) in [7, 11) is 1.97. The summed E-state index contributed by atoms with van der Waals surface area (Å²) in [5, 5.41) is 18.6. The van der Waals surface area contributed by atoms with Crippen molar-refractivity contribution in [1.82, 2.24) is 24.7 Å². The number of carbonyl (C=O) groups excluding carboxylic acids is 1. The van der Waals surface area contributed by atoms with E-state index in [2.05, 4.69) is 20.9 Å². The van der Waals surface area contributed by atoms with E-state index >= 15 is 4.39 Å². The zero-order valence-electron chi connectivity index (χ0n) is 27.4. The Morgan fingerprint density at radius 2 is 1.94 bits per heavy atom. The number of likely N-dealkylation sites (tertiary alicyclic amines) is 2. The molecule has 4 fully saturated rings. The highest BCUT2D eigenvalue weighted by molar-refractivity contribution is 7.23. The van der Waals surface area contributed by atoms with Crippen molar-refractivity contribution in [2.45, 2.75) is 56.2 Å². The molecule has 15 heteroatoms. The van der Waals surface area contributed by atoms with E-state index in [1.165, 1.54) is 18.2 Å². The van der Waals surface area contributed by atoms with Crippen molar-refractivity contribution >= 4 is 55.3 Å². The molecule has 2 N–H and O–H groups in total. The lowest BCUT2D eigenvalue weighted by molar-refractivity contribution is -0.117. The zero-order chi connectivity index (χ0) is 35.2. The van der Waals surface area contributed by atoms with Crippen LogP contribution in [0.25, 0.3) is 32.1 Å². The number of nitriles is 2. The van der Waals surface area contributed by atoms with Gasteiger partial charge in [0.1, 0.15) is 35.1 Å². The Hall–Kier alpha value is -4.34. The number of hydrogen-bond acceptors (Lipinski definition) is 11.